The molecular weight excluding hydrogens is 226 g/mol. The summed E-state index contributed by atoms with van der Waals surface area (Å²) in [6.45, 7) is 1.96. The summed E-state index contributed by atoms with van der Waals surface area (Å²) in [5.41, 5.74) is 2.58. The third kappa shape index (κ3) is 3.06. The molecule has 2 N–H and O–H groups in total. The van der Waals surface area contributed by atoms with E-state index in [9.17, 15) is 0 Å². The number of rotatable bonds is 4. The number of thiophene rings is 1. The first-order chi connectivity index (χ1) is 7.36. The predicted molar refractivity (Wildman–Crippen MR) is 65.1 cm³/mol. The van der Waals surface area contributed by atoms with Crippen LogP contribution >= 0.6 is 22.9 Å². The Hall–Kier alpha value is -0.830. The van der Waals surface area contributed by atoms with Gasteiger partial charge < -0.3 is 5.32 Å². The normalized spacial score (nSPS) is 10.5. The molecule has 0 spiro atoms. The maximum atomic E-state index is 6.07. The fourth-order valence-corrected chi connectivity index (χ4v) is 2.36. The van der Waals surface area contributed by atoms with Crippen LogP contribution in [-0.2, 0) is 13.1 Å². The lowest BCUT2D eigenvalue weighted by Crippen LogP contribution is -2.80. The smallest absolute Gasteiger partial charge is 0.103 e. The molecule has 0 radical (unpaired) electrons. The lowest BCUT2D eigenvalue weighted by molar-refractivity contribution is -0.686. The molecule has 3 heteroatoms. The molecule has 0 fully saturated rings. The van der Waals surface area contributed by atoms with Gasteiger partial charge in [-0.15, -0.1) is 0 Å². The quantitative estimate of drug-likeness (QED) is 0.844. The highest BCUT2D eigenvalue weighted by atomic mass is 35.5. The summed E-state index contributed by atoms with van der Waals surface area (Å²) in [6, 6.07) is 10.2. The van der Waals surface area contributed by atoms with E-state index >= 15 is 0 Å². The Labute approximate surface area is 98.7 Å². The number of hydrogen-bond acceptors (Lipinski definition) is 1. The standard InChI is InChI=1S/C12H12ClNS/c13-12-4-2-1-3-11(12)8-14-7-10-5-6-15-9-10/h1-6,9,14H,7-8H2/p+1. The summed E-state index contributed by atoms with van der Waals surface area (Å²) in [5, 5.41) is 7.42. The van der Waals surface area contributed by atoms with E-state index in [2.05, 4.69) is 28.2 Å². The van der Waals surface area contributed by atoms with Crippen molar-refractivity contribution in [2.45, 2.75) is 13.1 Å². The van der Waals surface area contributed by atoms with E-state index in [1.807, 2.05) is 18.2 Å². The summed E-state index contributed by atoms with van der Waals surface area (Å²) in [4.78, 5) is 0. The Morgan fingerprint density at radius 3 is 2.73 bits per heavy atom. The van der Waals surface area contributed by atoms with Gasteiger partial charge in [-0.3, -0.25) is 0 Å². The molecule has 78 valence electrons. The molecular formula is C12H13ClNS+. The van der Waals surface area contributed by atoms with Crippen molar-refractivity contribution in [3.8, 4) is 0 Å². The highest BCUT2D eigenvalue weighted by Gasteiger charge is 2.01. The number of hydrogen-bond donors (Lipinski definition) is 1. The zero-order valence-electron chi connectivity index (χ0n) is 8.32. The largest absolute Gasteiger partial charge is 0.339 e. The summed E-state index contributed by atoms with van der Waals surface area (Å²) in [6.07, 6.45) is 0. The second-order valence-electron chi connectivity index (χ2n) is 3.42. The van der Waals surface area contributed by atoms with Gasteiger partial charge in [-0.1, -0.05) is 29.8 Å². The maximum absolute atomic E-state index is 6.07. The van der Waals surface area contributed by atoms with Gasteiger partial charge in [0.1, 0.15) is 13.1 Å². The van der Waals surface area contributed by atoms with Crippen molar-refractivity contribution in [3.05, 3.63) is 57.2 Å². The molecule has 0 amide bonds. The SMILES string of the molecule is Clc1ccccc1C[NH2+]Cc1ccsc1. The summed E-state index contributed by atoms with van der Waals surface area (Å²) < 4.78 is 0. The fraction of sp³-hybridized carbons (Fsp3) is 0.167. The first-order valence-electron chi connectivity index (χ1n) is 4.92. The molecule has 0 unspecified atom stereocenters. The van der Waals surface area contributed by atoms with Crippen molar-refractivity contribution < 1.29 is 5.32 Å². The number of halogens is 1. The van der Waals surface area contributed by atoms with Crippen LogP contribution in [0.4, 0.5) is 0 Å². The summed E-state index contributed by atoms with van der Waals surface area (Å²) in [5.74, 6) is 0. The second kappa shape index (κ2) is 5.31. The van der Waals surface area contributed by atoms with Crippen molar-refractivity contribution in [1.29, 1.82) is 0 Å². The molecule has 15 heavy (non-hydrogen) atoms. The minimum absolute atomic E-state index is 0.860. The summed E-state index contributed by atoms with van der Waals surface area (Å²) >= 11 is 7.81. The van der Waals surface area contributed by atoms with Crippen LogP contribution in [-0.4, -0.2) is 0 Å². The van der Waals surface area contributed by atoms with E-state index < -0.39 is 0 Å². The van der Waals surface area contributed by atoms with Crippen molar-refractivity contribution in [3.63, 3.8) is 0 Å². The van der Waals surface area contributed by atoms with Gasteiger partial charge in [0.15, 0.2) is 0 Å². The van der Waals surface area contributed by atoms with Crippen molar-refractivity contribution >= 4 is 22.9 Å². The third-order valence-electron chi connectivity index (χ3n) is 2.28. The predicted octanol–water partition coefficient (Wildman–Crippen LogP) is 2.67. The van der Waals surface area contributed by atoms with Crippen molar-refractivity contribution in [2.75, 3.05) is 0 Å². The van der Waals surface area contributed by atoms with Crippen molar-refractivity contribution in [2.24, 2.45) is 0 Å². The molecule has 2 aromatic rings. The molecule has 0 aliphatic rings. The van der Waals surface area contributed by atoms with E-state index in [-0.39, 0.29) is 0 Å². The average molecular weight is 239 g/mol. The van der Waals surface area contributed by atoms with Crippen LogP contribution in [0.1, 0.15) is 11.1 Å². The molecule has 1 aromatic carbocycles. The monoisotopic (exact) mass is 238 g/mol. The van der Waals surface area contributed by atoms with Crippen LogP contribution < -0.4 is 5.32 Å². The minimum atomic E-state index is 0.860. The van der Waals surface area contributed by atoms with Crippen LogP contribution in [0.15, 0.2) is 41.1 Å². The highest BCUT2D eigenvalue weighted by Crippen LogP contribution is 2.13. The Balaban J connectivity index is 1.86. The fourth-order valence-electron chi connectivity index (χ4n) is 1.47. The second-order valence-corrected chi connectivity index (χ2v) is 4.61. The zero-order chi connectivity index (χ0) is 10.5. The molecule has 0 aliphatic carbocycles. The van der Waals surface area contributed by atoms with E-state index in [0.717, 1.165) is 18.1 Å². The molecule has 0 atom stereocenters. The summed E-state index contributed by atoms with van der Waals surface area (Å²) in [7, 11) is 0. The van der Waals surface area contributed by atoms with Gasteiger partial charge in [0.2, 0.25) is 0 Å². The van der Waals surface area contributed by atoms with Gasteiger partial charge in [-0.2, -0.15) is 11.3 Å². The van der Waals surface area contributed by atoms with Gasteiger partial charge >= 0.3 is 0 Å². The van der Waals surface area contributed by atoms with Crippen molar-refractivity contribution in [1.82, 2.24) is 0 Å². The third-order valence-corrected chi connectivity index (χ3v) is 3.38. The Bertz CT molecular complexity index is 411. The van der Waals surface area contributed by atoms with E-state index in [1.54, 1.807) is 11.3 Å². The Morgan fingerprint density at radius 1 is 1.13 bits per heavy atom. The molecule has 2 rings (SSSR count). The van der Waals surface area contributed by atoms with E-state index in [1.165, 1.54) is 11.1 Å². The lowest BCUT2D eigenvalue weighted by Gasteiger charge is -2.02. The molecule has 1 heterocycles. The minimum Gasteiger partial charge on any atom is -0.339 e. The van der Waals surface area contributed by atoms with Crippen LogP contribution in [0.25, 0.3) is 0 Å². The number of benzene rings is 1. The van der Waals surface area contributed by atoms with Gasteiger partial charge in [-0.25, -0.2) is 0 Å². The number of nitrogens with two attached hydrogens (primary N) is 1. The Morgan fingerprint density at radius 2 is 2.00 bits per heavy atom. The topological polar surface area (TPSA) is 16.6 Å². The zero-order valence-corrected chi connectivity index (χ0v) is 9.89. The molecule has 0 bridgehead atoms. The highest BCUT2D eigenvalue weighted by molar-refractivity contribution is 7.07. The van der Waals surface area contributed by atoms with Gasteiger partial charge in [-0.05, 0) is 22.9 Å². The van der Waals surface area contributed by atoms with Gasteiger partial charge in [0.05, 0.1) is 0 Å². The average Bonchev–Trinajstić information content (AvgIpc) is 2.74. The van der Waals surface area contributed by atoms with Crippen LogP contribution in [0.3, 0.4) is 0 Å². The lowest BCUT2D eigenvalue weighted by atomic mass is 10.2. The first kappa shape index (κ1) is 10.7. The molecule has 1 aromatic heterocycles. The maximum Gasteiger partial charge on any atom is 0.103 e. The molecule has 0 saturated heterocycles. The van der Waals surface area contributed by atoms with E-state index in [4.69, 9.17) is 11.6 Å². The van der Waals surface area contributed by atoms with E-state index in [0.29, 0.717) is 0 Å². The molecule has 0 aliphatic heterocycles. The molecule has 1 nitrogen and oxygen atoms in total. The van der Waals surface area contributed by atoms with Gasteiger partial charge in [0.25, 0.3) is 0 Å². The first-order valence-corrected chi connectivity index (χ1v) is 6.24. The molecule has 0 saturated carbocycles. The van der Waals surface area contributed by atoms with Gasteiger partial charge in [0, 0.05) is 16.1 Å². The van der Waals surface area contributed by atoms with Crippen LogP contribution in [0.2, 0.25) is 5.02 Å². The van der Waals surface area contributed by atoms with Crippen LogP contribution in [0, 0.1) is 0 Å². The number of quaternary nitrogens is 1. The van der Waals surface area contributed by atoms with Crippen LogP contribution in [0.5, 0.6) is 0 Å². The Kier molecular flexibility index (Phi) is 3.78.